The van der Waals surface area contributed by atoms with E-state index in [0.717, 1.165) is 12.8 Å². The van der Waals surface area contributed by atoms with Crippen molar-refractivity contribution >= 4 is 0 Å². The van der Waals surface area contributed by atoms with E-state index in [1.54, 1.807) is 6.20 Å². The van der Waals surface area contributed by atoms with E-state index in [9.17, 15) is 5.11 Å². The summed E-state index contributed by atoms with van der Waals surface area (Å²) in [6.07, 6.45) is 6.38. The van der Waals surface area contributed by atoms with Crippen molar-refractivity contribution in [3.8, 4) is 11.5 Å². The van der Waals surface area contributed by atoms with Crippen molar-refractivity contribution in [2.75, 3.05) is 0 Å². The molecule has 19 heavy (non-hydrogen) atoms. The van der Waals surface area contributed by atoms with Gasteiger partial charge in [0.15, 0.2) is 0 Å². The number of rotatable bonds is 4. The summed E-state index contributed by atoms with van der Waals surface area (Å²) in [5.41, 5.74) is 0.688. The Kier molecular flexibility index (Phi) is 3.55. The number of hydrogen-bond acceptors (Lipinski definition) is 5. The van der Waals surface area contributed by atoms with Crippen molar-refractivity contribution in [3.05, 3.63) is 30.3 Å². The summed E-state index contributed by atoms with van der Waals surface area (Å²) in [4.78, 5) is 8.46. The molecular formula is C14H17N3O2. The predicted octanol–water partition coefficient (Wildman–Crippen LogP) is 2.23. The summed E-state index contributed by atoms with van der Waals surface area (Å²) in [7, 11) is 0. The van der Waals surface area contributed by atoms with Crippen LogP contribution in [0.4, 0.5) is 0 Å². The molecule has 2 aromatic heterocycles. The summed E-state index contributed by atoms with van der Waals surface area (Å²) >= 11 is 0. The Morgan fingerprint density at radius 1 is 1.32 bits per heavy atom. The largest absolute Gasteiger partial charge is 0.392 e. The molecule has 1 atom stereocenters. The van der Waals surface area contributed by atoms with Gasteiger partial charge in [0.2, 0.25) is 11.7 Å². The van der Waals surface area contributed by atoms with Crippen LogP contribution < -0.4 is 0 Å². The Bertz CT molecular complexity index is 520. The molecule has 2 heterocycles. The molecule has 0 spiro atoms. The smallest absolute Gasteiger partial charge is 0.229 e. The summed E-state index contributed by atoms with van der Waals surface area (Å²) in [5, 5.41) is 14.0. The summed E-state index contributed by atoms with van der Waals surface area (Å²) in [5.74, 6) is 1.35. The van der Waals surface area contributed by atoms with E-state index in [0.29, 0.717) is 29.7 Å². The fourth-order valence-corrected chi connectivity index (χ4v) is 2.62. The van der Waals surface area contributed by atoms with Gasteiger partial charge in [0.25, 0.3) is 0 Å². The van der Waals surface area contributed by atoms with E-state index in [-0.39, 0.29) is 6.10 Å². The Labute approximate surface area is 111 Å². The normalized spacial score (nSPS) is 17.7. The Morgan fingerprint density at radius 2 is 2.16 bits per heavy atom. The molecular weight excluding hydrogens is 242 g/mol. The van der Waals surface area contributed by atoms with Gasteiger partial charge in [0, 0.05) is 6.20 Å². The van der Waals surface area contributed by atoms with E-state index in [2.05, 4.69) is 15.1 Å². The molecule has 1 saturated carbocycles. The van der Waals surface area contributed by atoms with Crippen LogP contribution in [-0.2, 0) is 6.42 Å². The zero-order valence-electron chi connectivity index (χ0n) is 10.7. The SMILES string of the molecule is OC(Cc1nc(-c2ccccn2)no1)C1CCCC1. The first kappa shape index (κ1) is 12.3. The van der Waals surface area contributed by atoms with Crippen LogP contribution in [0, 0.1) is 5.92 Å². The zero-order chi connectivity index (χ0) is 13.1. The Morgan fingerprint density at radius 3 is 2.89 bits per heavy atom. The van der Waals surface area contributed by atoms with Gasteiger partial charge in [-0.15, -0.1) is 0 Å². The lowest BCUT2D eigenvalue weighted by Crippen LogP contribution is -2.20. The lowest BCUT2D eigenvalue weighted by molar-refractivity contribution is 0.102. The average Bonchev–Trinajstić information content (AvgIpc) is 3.11. The van der Waals surface area contributed by atoms with Gasteiger partial charge >= 0.3 is 0 Å². The summed E-state index contributed by atoms with van der Waals surface area (Å²) in [6, 6.07) is 5.56. The quantitative estimate of drug-likeness (QED) is 0.911. The Balaban J connectivity index is 1.68. The third-order valence-corrected chi connectivity index (χ3v) is 3.69. The second-order valence-electron chi connectivity index (χ2n) is 5.04. The topological polar surface area (TPSA) is 72.0 Å². The van der Waals surface area contributed by atoms with Crippen molar-refractivity contribution in [1.82, 2.24) is 15.1 Å². The minimum Gasteiger partial charge on any atom is -0.392 e. The third-order valence-electron chi connectivity index (χ3n) is 3.69. The molecule has 1 unspecified atom stereocenters. The highest BCUT2D eigenvalue weighted by molar-refractivity contribution is 5.46. The first-order valence-corrected chi connectivity index (χ1v) is 6.75. The highest BCUT2D eigenvalue weighted by Crippen LogP contribution is 2.29. The molecule has 0 bridgehead atoms. The molecule has 2 aromatic rings. The first-order valence-electron chi connectivity index (χ1n) is 6.75. The van der Waals surface area contributed by atoms with Crippen LogP contribution in [0.3, 0.4) is 0 Å². The maximum atomic E-state index is 10.1. The lowest BCUT2D eigenvalue weighted by atomic mass is 9.98. The number of hydrogen-bond donors (Lipinski definition) is 1. The highest BCUT2D eigenvalue weighted by Gasteiger charge is 2.25. The third kappa shape index (κ3) is 2.81. The fraction of sp³-hybridized carbons (Fsp3) is 0.500. The van der Waals surface area contributed by atoms with Gasteiger partial charge in [0.1, 0.15) is 5.69 Å². The van der Waals surface area contributed by atoms with Crippen molar-refractivity contribution in [1.29, 1.82) is 0 Å². The molecule has 5 nitrogen and oxygen atoms in total. The average molecular weight is 259 g/mol. The maximum Gasteiger partial charge on any atom is 0.229 e. The summed E-state index contributed by atoms with van der Waals surface area (Å²) < 4.78 is 5.19. The van der Waals surface area contributed by atoms with Gasteiger partial charge in [-0.05, 0) is 30.9 Å². The number of aromatic nitrogens is 3. The highest BCUT2D eigenvalue weighted by atomic mass is 16.5. The molecule has 5 heteroatoms. The van der Waals surface area contributed by atoms with Crippen LogP contribution >= 0.6 is 0 Å². The van der Waals surface area contributed by atoms with Crippen molar-refractivity contribution in [2.45, 2.75) is 38.2 Å². The zero-order valence-corrected chi connectivity index (χ0v) is 10.7. The Hall–Kier alpha value is -1.75. The van der Waals surface area contributed by atoms with Crippen LogP contribution in [0.15, 0.2) is 28.9 Å². The molecule has 0 saturated heterocycles. The van der Waals surface area contributed by atoms with E-state index in [1.165, 1.54) is 12.8 Å². The number of aliphatic hydroxyl groups is 1. The molecule has 1 fully saturated rings. The monoisotopic (exact) mass is 259 g/mol. The molecule has 0 radical (unpaired) electrons. The molecule has 100 valence electrons. The molecule has 0 aliphatic heterocycles. The molecule has 1 aliphatic carbocycles. The van der Waals surface area contributed by atoms with Crippen molar-refractivity contribution < 1.29 is 9.63 Å². The van der Waals surface area contributed by atoms with Crippen LogP contribution in [0.25, 0.3) is 11.5 Å². The summed E-state index contributed by atoms with van der Waals surface area (Å²) in [6.45, 7) is 0. The van der Waals surface area contributed by atoms with Gasteiger partial charge in [-0.3, -0.25) is 4.98 Å². The van der Waals surface area contributed by atoms with Crippen molar-refractivity contribution in [2.24, 2.45) is 5.92 Å². The maximum absolute atomic E-state index is 10.1. The second-order valence-corrected chi connectivity index (χ2v) is 5.04. The van der Waals surface area contributed by atoms with Gasteiger partial charge in [-0.25, -0.2) is 0 Å². The van der Waals surface area contributed by atoms with Crippen LogP contribution in [0.1, 0.15) is 31.6 Å². The number of nitrogens with zero attached hydrogens (tertiary/aromatic N) is 3. The van der Waals surface area contributed by atoms with E-state index in [4.69, 9.17) is 4.52 Å². The van der Waals surface area contributed by atoms with Crippen LogP contribution in [0.5, 0.6) is 0 Å². The van der Waals surface area contributed by atoms with Gasteiger partial charge in [-0.1, -0.05) is 24.1 Å². The van der Waals surface area contributed by atoms with Gasteiger partial charge in [-0.2, -0.15) is 4.98 Å². The minimum absolute atomic E-state index is 0.375. The van der Waals surface area contributed by atoms with Crippen LogP contribution in [-0.4, -0.2) is 26.3 Å². The number of aliphatic hydroxyl groups excluding tert-OH is 1. The minimum atomic E-state index is -0.375. The predicted molar refractivity (Wildman–Crippen MR) is 69.2 cm³/mol. The van der Waals surface area contributed by atoms with Gasteiger partial charge < -0.3 is 9.63 Å². The molecule has 3 rings (SSSR count). The molecule has 0 amide bonds. The lowest BCUT2D eigenvalue weighted by Gasteiger charge is -2.14. The molecule has 0 aromatic carbocycles. The fourth-order valence-electron chi connectivity index (χ4n) is 2.62. The van der Waals surface area contributed by atoms with Crippen molar-refractivity contribution in [3.63, 3.8) is 0 Å². The standard InChI is InChI=1S/C14H17N3O2/c18-12(10-5-1-2-6-10)9-13-16-14(17-19-13)11-7-3-4-8-15-11/h3-4,7-8,10,12,18H,1-2,5-6,9H2. The first-order chi connectivity index (χ1) is 9.33. The van der Waals surface area contributed by atoms with E-state index >= 15 is 0 Å². The van der Waals surface area contributed by atoms with E-state index < -0.39 is 0 Å². The second kappa shape index (κ2) is 5.48. The van der Waals surface area contributed by atoms with E-state index in [1.807, 2.05) is 18.2 Å². The number of pyridine rings is 1. The molecule has 1 N–H and O–H groups in total. The van der Waals surface area contributed by atoms with Gasteiger partial charge in [0.05, 0.1) is 12.5 Å². The van der Waals surface area contributed by atoms with Crippen LogP contribution in [0.2, 0.25) is 0 Å². The molecule has 1 aliphatic rings.